The van der Waals surface area contributed by atoms with Crippen LogP contribution in [0.3, 0.4) is 0 Å². The van der Waals surface area contributed by atoms with Crippen molar-refractivity contribution in [1.82, 2.24) is 5.32 Å². The van der Waals surface area contributed by atoms with Gasteiger partial charge in [0, 0.05) is 11.5 Å². The van der Waals surface area contributed by atoms with E-state index in [0.29, 0.717) is 6.04 Å². The molecule has 0 fully saturated rings. The van der Waals surface area contributed by atoms with Crippen molar-refractivity contribution in [2.45, 2.75) is 77.7 Å². The molecule has 0 bridgehead atoms. The minimum absolute atomic E-state index is 0.0229. The molecule has 1 unspecified atom stereocenters. The van der Waals surface area contributed by atoms with E-state index < -0.39 is 0 Å². The highest BCUT2D eigenvalue weighted by atomic mass is 19.1. The van der Waals surface area contributed by atoms with Crippen LogP contribution in [-0.2, 0) is 5.41 Å². The van der Waals surface area contributed by atoms with Crippen LogP contribution in [0.5, 0.6) is 0 Å². The predicted octanol–water partition coefficient (Wildman–Crippen LogP) is 5.44. The van der Waals surface area contributed by atoms with Crippen molar-refractivity contribution in [2.75, 3.05) is 6.54 Å². The molecule has 0 aromatic heterocycles. The van der Waals surface area contributed by atoms with Crippen LogP contribution in [0.2, 0.25) is 0 Å². The molecular formula is C19H32FN. The third-order valence-corrected chi connectivity index (χ3v) is 4.45. The molecule has 1 atom stereocenters. The zero-order valence-electron chi connectivity index (χ0n) is 14.2. The Morgan fingerprint density at radius 3 is 2.24 bits per heavy atom. The monoisotopic (exact) mass is 293 g/mol. The second kappa shape index (κ2) is 9.19. The average molecular weight is 293 g/mol. The topological polar surface area (TPSA) is 12.0 Å². The standard InChI is InChI=1S/C19H32FN/c1-5-7-8-9-10-18(21-15-6-2)19(3,4)16-11-13-17(20)14-12-16/h11-14,18,21H,5-10,15H2,1-4H3. The first-order valence-corrected chi connectivity index (χ1v) is 8.51. The molecule has 0 aliphatic carbocycles. The first-order valence-electron chi connectivity index (χ1n) is 8.51. The van der Waals surface area contributed by atoms with Crippen molar-refractivity contribution < 1.29 is 4.39 Å². The summed E-state index contributed by atoms with van der Waals surface area (Å²) in [6.45, 7) is 10.0. The molecule has 120 valence electrons. The van der Waals surface area contributed by atoms with E-state index in [4.69, 9.17) is 0 Å². The Morgan fingerprint density at radius 1 is 1.00 bits per heavy atom. The third-order valence-electron chi connectivity index (χ3n) is 4.45. The van der Waals surface area contributed by atoms with Crippen LogP contribution in [0, 0.1) is 5.82 Å². The number of unbranched alkanes of at least 4 members (excludes halogenated alkanes) is 3. The molecule has 1 nitrogen and oxygen atoms in total. The fourth-order valence-corrected chi connectivity index (χ4v) is 2.89. The summed E-state index contributed by atoms with van der Waals surface area (Å²) in [5.41, 5.74) is 1.24. The van der Waals surface area contributed by atoms with Crippen molar-refractivity contribution in [2.24, 2.45) is 0 Å². The van der Waals surface area contributed by atoms with E-state index in [1.54, 1.807) is 12.1 Å². The fourth-order valence-electron chi connectivity index (χ4n) is 2.89. The van der Waals surface area contributed by atoms with Crippen LogP contribution in [0.1, 0.15) is 71.8 Å². The smallest absolute Gasteiger partial charge is 0.123 e. The van der Waals surface area contributed by atoms with Gasteiger partial charge in [-0.25, -0.2) is 4.39 Å². The van der Waals surface area contributed by atoms with Crippen LogP contribution in [0.15, 0.2) is 24.3 Å². The van der Waals surface area contributed by atoms with Gasteiger partial charge in [-0.3, -0.25) is 0 Å². The van der Waals surface area contributed by atoms with E-state index in [9.17, 15) is 4.39 Å². The lowest BCUT2D eigenvalue weighted by molar-refractivity contribution is 0.313. The SMILES string of the molecule is CCCCCCC(NCCC)C(C)(C)c1ccc(F)cc1. The fraction of sp³-hybridized carbons (Fsp3) is 0.684. The molecule has 0 amide bonds. The van der Waals surface area contributed by atoms with Crippen LogP contribution < -0.4 is 5.32 Å². The molecule has 2 heteroatoms. The van der Waals surface area contributed by atoms with Crippen molar-refractivity contribution in [3.63, 3.8) is 0 Å². The zero-order valence-corrected chi connectivity index (χ0v) is 14.2. The second-order valence-corrected chi connectivity index (χ2v) is 6.58. The molecule has 0 spiro atoms. The van der Waals surface area contributed by atoms with E-state index in [-0.39, 0.29) is 11.2 Å². The van der Waals surface area contributed by atoms with Crippen LogP contribution in [0.25, 0.3) is 0 Å². The zero-order chi connectivity index (χ0) is 15.7. The van der Waals surface area contributed by atoms with Gasteiger partial charge in [0.1, 0.15) is 5.82 Å². The Labute approximate surface area is 130 Å². The van der Waals surface area contributed by atoms with Gasteiger partial charge < -0.3 is 5.32 Å². The summed E-state index contributed by atoms with van der Waals surface area (Å²) in [5, 5.41) is 3.71. The predicted molar refractivity (Wildman–Crippen MR) is 90.3 cm³/mol. The molecule has 1 aromatic rings. The Bertz CT molecular complexity index is 383. The number of benzene rings is 1. The molecule has 0 aliphatic heterocycles. The first kappa shape index (κ1) is 18.2. The van der Waals surface area contributed by atoms with Crippen molar-refractivity contribution in [3.05, 3.63) is 35.6 Å². The molecule has 0 aliphatic rings. The van der Waals surface area contributed by atoms with E-state index in [1.165, 1.54) is 37.7 Å². The molecule has 0 radical (unpaired) electrons. The summed E-state index contributed by atoms with van der Waals surface area (Å²) in [6.07, 6.45) is 7.49. The quantitative estimate of drug-likeness (QED) is 0.566. The summed E-state index contributed by atoms with van der Waals surface area (Å²) >= 11 is 0. The molecule has 0 heterocycles. The largest absolute Gasteiger partial charge is 0.313 e. The minimum atomic E-state index is -0.157. The molecule has 1 N–H and O–H groups in total. The normalized spacial score (nSPS) is 13.4. The van der Waals surface area contributed by atoms with Crippen LogP contribution in [0.4, 0.5) is 4.39 Å². The van der Waals surface area contributed by atoms with Gasteiger partial charge in [-0.05, 0) is 37.1 Å². The van der Waals surface area contributed by atoms with Gasteiger partial charge in [0.2, 0.25) is 0 Å². The van der Waals surface area contributed by atoms with Gasteiger partial charge in [0.15, 0.2) is 0 Å². The van der Waals surface area contributed by atoms with Crippen molar-refractivity contribution >= 4 is 0 Å². The Hall–Kier alpha value is -0.890. The van der Waals surface area contributed by atoms with Crippen molar-refractivity contribution in [3.8, 4) is 0 Å². The lowest BCUT2D eigenvalue weighted by atomic mass is 9.75. The maximum Gasteiger partial charge on any atom is 0.123 e. The van der Waals surface area contributed by atoms with Crippen LogP contribution in [-0.4, -0.2) is 12.6 Å². The first-order chi connectivity index (χ1) is 10.0. The van der Waals surface area contributed by atoms with Gasteiger partial charge >= 0.3 is 0 Å². The number of nitrogens with one attached hydrogen (secondary N) is 1. The lowest BCUT2D eigenvalue weighted by Gasteiger charge is -2.36. The van der Waals surface area contributed by atoms with Crippen LogP contribution >= 0.6 is 0 Å². The van der Waals surface area contributed by atoms with E-state index in [1.807, 2.05) is 12.1 Å². The average Bonchev–Trinajstić information content (AvgIpc) is 2.46. The summed E-state index contributed by atoms with van der Waals surface area (Å²) in [5.74, 6) is -0.157. The second-order valence-electron chi connectivity index (χ2n) is 6.58. The number of hydrogen-bond acceptors (Lipinski definition) is 1. The van der Waals surface area contributed by atoms with Gasteiger partial charge in [-0.15, -0.1) is 0 Å². The molecule has 0 saturated carbocycles. The highest BCUT2D eigenvalue weighted by Crippen LogP contribution is 2.30. The maximum atomic E-state index is 13.2. The Kier molecular flexibility index (Phi) is 7.95. The summed E-state index contributed by atoms with van der Waals surface area (Å²) in [6, 6.07) is 7.46. The Morgan fingerprint density at radius 2 is 1.67 bits per heavy atom. The number of hydrogen-bond donors (Lipinski definition) is 1. The number of rotatable bonds is 10. The van der Waals surface area contributed by atoms with Gasteiger partial charge in [-0.2, -0.15) is 0 Å². The van der Waals surface area contributed by atoms with E-state index >= 15 is 0 Å². The molecular weight excluding hydrogens is 261 g/mol. The summed E-state index contributed by atoms with van der Waals surface area (Å²) in [7, 11) is 0. The minimum Gasteiger partial charge on any atom is -0.313 e. The van der Waals surface area contributed by atoms with Gasteiger partial charge in [0.25, 0.3) is 0 Å². The molecule has 21 heavy (non-hydrogen) atoms. The van der Waals surface area contributed by atoms with E-state index in [0.717, 1.165) is 13.0 Å². The van der Waals surface area contributed by atoms with E-state index in [2.05, 4.69) is 33.0 Å². The summed E-state index contributed by atoms with van der Waals surface area (Å²) < 4.78 is 13.2. The summed E-state index contributed by atoms with van der Waals surface area (Å²) in [4.78, 5) is 0. The lowest BCUT2D eigenvalue weighted by Crippen LogP contribution is -2.45. The molecule has 0 saturated heterocycles. The van der Waals surface area contributed by atoms with Gasteiger partial charge in [0.05, 0.1) is 0 Å². The highest BCUT2D eigenvalue weighted by Gasteiger charge is 2.30. The molecule has 1 aromatic carbocycles. The Balaban J connectivity index is 2.75. The molecule has 1 rings (SSSR count). The van der Waals surface area contributed by atoms with Crippen molar-refractivity contribution in [1.29, 1.82) is 0 Å². The number of halogens is 1. The maximum absolute atomic E-state index is 13.2. The third kappa shape index (κ3) is 5.78. The van der Waals surface area contributed by atoms with Gasteiger partial charge in [-0.1, -0.05) is 65.5 Å². The highest BCUT2D eigenvalue weighted by molar-refractivity contribution is 5.26.